The second kappa shape index (κ2) is 6.60. The molecule has 0 atom stereocenters. The van der Waals surface area contributed by atoms with Crippen LogP contribution in [0.15, 0.2) is 65.3 Å². The summed E-state index contributed by atoms with van der Waals surface area (Å²) in [5.41, 5.74) is 2.74. The number of hydrogen-bond donors (Lipinski definition) is 1. The van der Waals surface area contributed by atoms with Crippen molar-refractivity contribution >= 4 is 16.9 Å². The molecule has 25 heavy (non-hydrogen) atoms. The van der Waals surface area contributed by atoms with E-state index < -0.39 is 0 Å². The van der Waals surface area contributed by atoms with Gasteiger partial charge in [0.25, 0.3) is 5.89 Å². The fourth-order valence-electron chi connectivity index (χ4n) is 2.64. The number of ether oxygens (including phenoxy) is 1. The third-order valence-corrected chi connectivity index (χ3v) is 3.87. The molecular weight excluding hydrogens is 318 g/mol. The largest absolute Gasteiger partial charge is 0.455 e. The Morgan fingerprint density at radius 3 is 2.76 bits per heavy atom. The Morgan fingerprint density at radius 2 is 1.88 bits per heavy atom. The first-order valence-electron chi connectivity index (χ1n) is 7.88. The summed E-state index contributed by atoms with van der Waals surface area (Å²) >= 11 is 0. The lowest BCUT2D eigenvalue weighted by Gasteiger charge is -2.01. The molecule has 6 nitrogen and oxygen atoms in total. The maximum absolute atomic E-state index is 12.1. The van der Waals surface area contributed by atoms with Gasteiger partial charge in [0.1, 0.15) is 0 Å². The van der Waals surface area contributed by atoms with Gasteiger partial charge in [0.05, 0.1) is 6.42 Å². The number of para-hydroxylation sites is 1. The maximum Gasteiger partial charge on any atom is 0.310 e. The number of fused-ring (bicyclic) bond motifs is 1. The van der Waals surface area contributed by atoms with Crippen LogP contribution in [0.2, 0.25) is 0 Å². The van der Waals surface area contributed by atoms with Gasteiger partial charge in [-0.05, 0) is 11.6 Å². The van der Waals surface area contributed by atoms with Gasteiger partial charge in [-0.2, -0.15) is 4.98 Å². The van der Waals surface area contributed by atoms with Crippen LogP contribution in [0.25, 0.3) is 22.3 Å². The van der Waals surface area contributed by atoms with E-state index in [-0.39, 0.29) is 24.9 Å². The van der Waals surface area contributed by atoms with Crippen LogP contribution in [0.1, 0.15) is 11.5 Å². The molecule has 1 N–H and O–H groups in total. The van der Waals surface area contributed by atoms with Gasteiger partial charge in [0.2, 0.25) is 5.82 Å². The van der Waals surface area contributed by atoms with Gasteiger partial charge >= 0.3 is 5.97 Å². The van der Waals surface area contributed by atoms with Crippen molar-refractivity contribution in [3.05, 3.63) is 72.2 Å². The lowest BCUT2D eigenvalue weighted by atomic mass is 10.1. The number of aromatic nitrogens is 3. The van der Waals surface area contributed by atoms with Crippen molar-refractivity contribution in [1.82, 2.24) is 15.1 Å². The first-order valence-corrected chi connectivity index (χ1v) is 7.88. The van der Waals surface area contributed by atoms with Gasteiger partial charge in [0, 0.05) is 22.7 Å². The van der Waals surface area contributed by atoms with Gasteiger partial charge in [-0.3, -0.25) is 4.79 Å². The lowest BCUT2D eigenvalue weighted by Crippen LogP contribution is -2.07. The summed E-state index contributed by atoms with van der Waals surface area (Å²) in [6.07, 6.45) is 2.01. The Kier molecular flexibility index (Phi) is 4.00. The number of carbonyl (C=O) groups is 1. The lowest BCUT2D eigenvalue weighted by molar-refractivity contribution is -0.144. The molecular formula is C19H15N3O3. The smallest absolute Gasteiger partial charge is 0.310 e. The van der Waals surface area contributed by atoms with Crippen molar-refractivity contribution in [1.29, 1.82) is 0 Å². The van der Waals surface area contributed by atoms with Crippen LogP contribution in [0.5, 0.6) is 0 Å². The molecule has 0 aliphatic carbocycles. The van der Waals surface area contributed by atoms with Crippen molar-refractivity contribution in [3.8, 4) is 11.4 Å². The van der Waals surface area contributed by atoms with Gasteiger partial charge in [-0.25, -0.2) is 0 Å². The highest BCUT2D eigenvalue weighted by molar-refractivity contribution is 5.87. The Balaban J connectivity index is 1.38. The normalized spacial score (nSPS) is 10.9. The first-order chi connectivity index (χ1) is 12.3. The van der Waals surface area contributed by atoms with Crippen molar-refractivity contribution in [2.45, 2.75) is 13.0 Å². The van der Waals surface area contributed by atoms with Crippen molar-refractivity contribution in [2.24, 2.45) is 0 Å². The molecule has 124 valence electrons. The molecule has 0 aliphatic heterocycles. The van der Waals surface area contributed by atoms with Crippen molar-refractivity contribution in [3.63, 3.8) is 0 Å². The number of rotatable bonds is 5. The number of carbonyl (C=O) groups excluding carboxylic acids is 1. The summed E-state index contributed by atoms with van der Waals surface area (Å²) in [5, 5.41) is 4.92. The third kappa shape index (κ3) is 3.28. The topological polar surface area (TPSA) is 81.0 Å². The van der Waals surface area contributed by atoms with E-state index in [1.165, 1.54) is 0 Å². The van der Waals surface area contributed by atoms with Crippen LogP contribution >= 0.6 is 0 Å². The van der Waals surface area contributed by atoms with Gasteiger partial charge in [0.15, 0.2) is 6.61 Å². The van der Waals surface area contributed by atoms with Crippen LogP contribution in [-0.2, 0) is 22.6 Å². The molecule has 0 saturated carbocycles. The molecule has 0 amide bonds. The van der Waals surface area contributed by atoms with Crippen LogP contribution in [-0.4, -0.2) is 21.1 Å². The van der Waals surface area contributed by atoms with Crippen LogP contribution in [0.4, 0.5) is 0 Å². The van der Waals surface area contributed by atoms with E-state index >= 15 is 0 Å². The van der Waals surface area contributed by atoms with Gasteiger partial charge < -0.3 is 14.2 Å². The number of hydrogen-bond acceptors (Lipinski definition) is 5. The highest BCUT2D eigenvalue weighted by Gasteiger charge is 2.13. The summed E-state index contributed by atoms with van der Waals surface area (Å²) in [4.78, 5) is 19.5. The average molecular weight is 333 g/mol. The quantitative estimate of drug-likeness (QED) is 0.565. The average Bonchev–Trinajstić information content (AvgIpc) is 3.28. The fraction of sp³-hybridized carbons (Fsp3) is 0.105. The SMILES string of the molecule is O=C(Cc1c[nH]c2ccccc12)OCc1nc(-c2ccccc2)no1. The molecule has 0 unspecified atom stereocenters. The first kappa shape index (κ1) is 15.1. The Bertz CT molecular complexity index is 1000. The molecule has 0 radical (unpaired) electrons. The molecule has 6 heteroatoms. The Labute approximate surface area is 143 Å². The zero-order valence-corrected chi connectivity index (χ0v) is 13.3. The summed E-state index contributed by atoms with van der Waals surface area (Å²) < 4.78 is 10.4. The number of H-pyrrole nitrogens is 1. The number of nitrogens with one attached hydrogen (secondary N) is 1. The molecule has 0 aliphatic rings. The van der Waals surface area contributed by atoms with Crippen molar-refractivity contribution < 1.29 is 14.1 Å². The summed E-state index contributed by atoms with van der Waals surface area (Å²) in [6.45, 7) is -0.0407. The molecule has 0 fully saturated rings. The van der Waals surface area contributed by atoms with E-state index in [9.17, 15) is 4.79 Å². The minimum Gasteiger partial charge on any atom is -0.455 e. The molecule has 2 aromatic carbocycles. The van der Waals surface area contributed by atoms with Gasteiger partial charge in [-0.1, -0.05) is 53.7 Å². The number of nitrogens with zero attached hydrogens (tertiary/aromatic N) is 2. The van der Waals surface area contributed by atoms with Crippen LogP contribution in [0, 0.1) is 0 Å². The predicted octanol–water partition coefficient (Wildman–Crippen LogP) is 3.50. The van der Waals surface area contributed by atoms with Crippen molar-refractivity contribution in [2.75, 3.05) is 0 Å². The highest BCUT2D eigenvalue weighted by Crippen LogP contribution is 2.19. The van der Waals surface area contributed by atoms with Gasteiger partial charge in [-0.15, -0.1) is 0 Å². The third-order valence-electron chi connectivity index (χ3n) is 3.87. The van der Waals surface area contributed by atoms with E-state index in [1.54, 1.807) is 0 Å². The van der Waals surface area contributed by atoms with E-state index in [2.05, 4.69) is 15.1 Å². The van der Waals surface area contributed by atoms with E-state index in [0.717, 1.165) is 22.0 Å². The van der Waals surface area contributed by atoms with E-state index in [1.807, 2.05) is 60.8 Å². The number of benzene rings is 2. The molecule has 2 aromatic heterocycles. The minimum atomic E-state index is -0.343. The fourth-order valence-corrected chi connectivity index (χ4v) is 2.64. The summed E-state index contributed by atoms with van der Waals surface area (Å²) in [6, 6.07) is 17.3. The monoisotopic (exact) mass is 333 g/mol. The highest BCUT2D eigenvalue weighted by atomic mass is 16.6. The van der Waals surface area contributed by atoms with E-state index in [4.69, 9.17) is 9.26 Å². The molecule has 4 aromatic rings. The summed E-state index contributed by atoms with van der Waals surface area (Å²) in [5.74, 6) is 0.402. The van der Waals surface area contributed by atoms with Crippen LogP contribution in [0.3, 0.4) is 0 Å². The zero-order chi connectivity index (χ0) is 17.1. The second-order valence-electron chi connectivity index (χ2n) is 5.57. The molecule has 2 heterocycles. The molecule has 0 saturated heterocycles. The van der Waals surface area contributed by atoms with Crippen LogP contribution < -0.4 is 0 Å². The second-order valence-corrected chi connectivity index (χ2v) is 5.57. The zero-order valence-electron chi connectivity index (χ0n) is 13.3. The number of esters is 1. The standard InChI is InChI=1S/C19H15N3O3/c23-18(10-14-11-20-16-9-5-4-8-15(14)16)24-12-17-21-19(22-25-17)13-6-2-1-3-7-13/h1-9,11,20H,10,12H2. The number of aromatic amines is 1. The minimum absolute atomic E-state index is 0.0407. The maximum atomic E-state index is 12.1. The van der Waals surface area contributed by atoms with E-state index in [0.29, 0.717) is 5.82 Å². The predicted molar refractivity (Wildman–Crippen MR) is 91.5 cm³/mol. The molecule has 0 spiro atoms. The Hall–Kier alpha value is -3.41. The molecule has 0 bridgehead atoms. The summed E-state index contributed by atoms with van der Waals surface area (Å²) in [7, 11) is 0. The molecule has 4 rings (SSSR count). The Morgan fingerprint density at radius 1 is 1.08 bits per heavy atom.